The Bertz CT molecular complexity index is 1220. The van der Waals surface area contributed by atoms with Gasteiger partial charge >= 0.3 is 0 Å². The average Bonchev–Trinajstić information content (AvgIpc) is 3.33. The van der Waals surface area contributed by atoms with Gasteiger partial charge in [0.15, 0.2) is 5.82 Å². The highest BCUT2D eigenvalue weighted by atomic mass is 19.1. The largest absolute Gasteiger partial charge is 0.338 e. The number of rotatable bonds is 4. The molecule has 1 aliphatic heterocycles. The minimum absolute atomic E-state index is 0.0935. The third-order valence-electron chi connectivity index (χ3n) is 7.22. The molecule has 0 atom stereocenters. The maximum Gasteiger partial charge on any atom is 0.254 e. The Morgan fingerprint density at radius 1 is 1.24 bits per heavy atom. The fourth-order valence-electron chi connectivity index (χ4n) is 5.04. The molecule has 1 aliphatic carbocycles. The van der Waals surface area contributed by atoms with Gasteiger partial charge in [0, 0.05) is 42.6 Å². The van der Waals surface area contributed by atoms with Crippen molar-refractivity contribution < 1.29 is 9.18 Å². The molecular formula is C26H26FN5O. The normalized spacial score (nSPS) is 17.9. The highest BCUT2D eigenvalue weighted by Gasteiger charge is 2.39. The molecule has 7 heteroatoms. The van der Waals surface area contributed by atoms with Crippen molar-refractivity contribution in [3.05, 3.63) is 70.5 Å². The number of benzene rings is 2. The number of piperidine rings is 1. The van der Waals surface area contributed by atoms with E-state index in [1.54, 1.807) is 35.5 Å². The lowest BCUT2D eigenvalue weighted by Gasteiger charge is -2.37. The quantitative estimate of drug-likeness (QED) is 0.613. The molecule has 168 valence electrons. The van der Waals surface area contributed by atoms with Gasteiger partial charge in [0.05, 0.1) is 11.6 Å². The number of nitriles is 1. The van der Waals surface area contributed by atoms with Gasteiger partial charge in [-0.2, -0.15) is 5.26 Å². The number of alkyl halides is 1. The standard InChI is InChI=1S/C26H26FN5O/c1-17-13-21(18-6-4-7-18)22(24-29-16-30-31-24)14-20(17)25(33)32-11-9-26(27,10-12-32)23-8-3-2-5-19(23)15-28/h2-3,5,8,13-14,16,18H,4,6-7,9-12H2,1H3,(H,29,30,31). The predicted octanol–water partition coefficient (Wildman–Crippen LogP) is 5.02. The zero-order valence-electron chi connectivity index (χ0n) is 18.6. The summed E-state index contributed by atoms with van der Waals surface area (Å²) in [5.74, 6) is 1.06. The molecule has 2 aromatic carbocycles. The molecule has 6 nitrogen and oxygen atoms in total. The van der Waals surface area contributed by atoms with Gasteiger partial charge in [0.25, 0.3) is 5.91 Å². The first-order valence-electron chi connectivity index (χ1n) is 11.5. The monoisotopic (exact) mass is 443 g/mol. The van der Waals surface area contributed by atoms with Crippen molar-refractivity contribution in [3.63, 3.8) is 0 Å². The second kappa shape index (κ2) is 8.43. The number of halogens is 1. The highest BCUT2D eigenvalue weighted by Crippen LogP contribution is 2.42. The van der Waals surface area contributed by atoms with Gasteiger partial charge in [-0.1, -0.05) is 30.7 Å². The van der Waals surface area contributed by atoms with E-state index in [-0.39, 0.29) is 18.7 Å². The van der Waals surface area contributed by atoms with Crippen LogP contribution in [0.2, 0.25) is 0 Å². The summed E-state index contributed by atoms with van der Waals surface area (Å²) in [5.41, 5.74) is 2.86. The van der Waals surface area contributed by atoms with Crippen molar-refractivity contribution in [2.75, 3.05) is 13.1 Å². The number of amides is 1. The van der Waals surface area contributed by atoms with Gasteiger partial charge in [0.1, 0.15) is 12.0 Å². The van der Waals surface area contributed by atoms with E-state index in [0.29, 0.717) is 41.5 Å². The summed E-state index contributed by atoms with van der Waals surface area (Å²) in [4.78, 5) is 18.3. The Hall–Kier alpha value is -3.53. The van der Waals surface area contributed by atoms with Crippen molar-refractivity contribution in [2.45, 2.75) is 50.6 Å². The lowest BCUT2D eigenvalue weighted by molar-refractivity contribution is 0.0420. The number of H-pyrrole nitrogens is 1. The second-order valence-corrected chi connectivity index (χ2v) is 9.13. The highest BCUT2D eigenvalue weighted by molar-refractivity contribution is 5.97. The fraction of sp³-hybridized carbons (Fsp3) is 0.385. The minimum atomic E-state index is -1.60. The van der Waals surface area contributed by atoms with E-state index < -0.39 is 5.67 Å². The summed E-state index contributed by atoms with van der Waals surface area (Å²) in [6, 6.07) is 13.0. The van der Waals surface area contributed by atoms with Crippen LogP contribution in [0, 0.1) is 18.3 Å². The molecule has 2 aliphatic rings. The Morgan fingerprint density at radius 2 is 2.00 bits per heavy atom. The molecule has 5 rings (SSSR count). The predicted molar refractivity (Wildman–Crippen MR) is 122 cm³/mol. The number of hydrogen-bond acceptors (Lipinski definition) is 4. The summed E-state index contributed by atoms with van der Waals surface area (Å²) in [6.45, 7) is 2.57. The van der Waals surface area contributed by atoms with Crippen molar-refractivity contribution in [1.82, 2.24) is 20.1 Å². The van der Waals surface area contributed by atoms with E-state index in [1.165, 1.54) is 12.0 Å². The number of aromatic nitrogens is 3. The van der Waals surface area contributed by atoms with E-state index in [1.807, 2.05) is 13.0 Å². The van der Waals surface area contributed by atoms with E-state index >= 15 is 4.39 Å². The summed E-state index contributed by atoms with van der Waals surface area (Å²) in [7, 11) is 0. The lowest BCUT2D eigenvalue weighted by atomic mass is 9.77. The van der Waals surface area contributed by atoms with Crippen LogP contribution in [0.4, 0.5) is 4.39 Å². The molecule has 0 spiro atoms. The van der Waals surface area contributed by atoms with Crippen LogP contribution < -0.4 is 0 Å². The summed E-state index contributed by atoms with van der Waals surface area (Å²) >= 11 is 0. The molecule has 1 amide bonds. The third-order valence-corrected chi connectivity index (χ3v) is 7.22. The van der Waals surface area contributed by atoms with Gasteiger partial charge in [-0.3, -0.25) is 4.79 Å². The van der Waals surface area contributed by atoms with Crippen molar-refractivity contribution in [2.24, 2.45) is 0 Å². The maximum absolute atomic E-state index is 15.8. The number of nitrogens with zero attached hydrogens (tertiary/aromatic N) is 4. The van der Waals surface area contributed by atoms with E-state index in [4.69, 9.17) is 0 Å². The van der Waals surface area contributed by atoms with Gasteiger partial charge in [-0.15, -0.1) is 10.2 Å². The van der Waals surface area contributed by atoms with Gasteiger partial charge in [-0.25, -0.2) is 4.39 Å². The molecule has 33 heavy (non-hydrogen) atoms. The van der Waals surface area contributed by atoms with Crippen molar-refractivity contribution >= 4 is 5.91 Å². The van der Waals surface area contributed by atoms with Crippen LogP contribution in [-0.4, -0.2) is 39.1 Å². The summed E-state index contributed by atoms with van der Waals surface area (Å²) in [5, 5.41) is 17.5. The van der Waals surface area contributed by atoms with E-state index in [0.717, 1.165) is 24.0 Å². The van der Waals surface area contributed by atoms with Crippen LogP contribution in [0.3, 0.4) is 0 Å². The molecule has 2 fully saturated rings. The first-order chi connectivity index (χ1) is 16.0. The molecule has 0 radical (unpaired) electrons. The number of aryl methyl sites for hydroxylation is 1. The van der Waals surface area contributed by atoms with Crippen LogP contribution in [0.5, 0.6) is 0 Å². The average molecular weight is 444 g/mol. The molecular weight excluding hydrogens is 417 g/mol. The van der Waals surface area contributed by atoms with Crippen LogP contribution in [0.15, 0.2) is 42.7 Å². The SMILES string of the molecule is Cc1cc(C2CCC2)c(-c2nnc[nH]2)cc1C(=O)N1CCC(F)(c2ccccc2C#N)CC1. The van der Waals surface area contributed by atoms with Crippen molar-refractivity contribution in [3.8, 4) is 17.5 Å². The van der Waals surface area contributed by atoms with E-state index in [9.17, 15) is 10.1 Å². The van der Waals surface area contributed by atoms with E-state index in [2.05, 4.69) is 27.3 Å². The Labute approximate surface area is 192 Å². The zero-order valence-corrected chi connectivity index (χ0v) is 18.6. The maximum atomic E-state index is 15.8. The topological polar surface area (TPSA) is 85.7 Å². The first-order valence-corrected chi connectivity index (χ1v) is 11.5. The zero-order chi connectivity index (χ0) is 23.0. The first kappa shape index (κ1) is 21.3. The van der Waals surface area contributed by atoms with Crippen LogP contribution >= 0.6 is 0 Å². The fourth-order valence-corrected chi connectivity index (χ4v) is 5.04. The Morgan fingerprint density at radius 3 is 2.64 bits per heavy atom. The number of nitrogens with one attached hydrogen (secondary N) is 1. The molecule has 3 aromatic rings. The number of hydrogen-bond donors (Lipinski definition) is 1. The molecule has 1 N–H and O–H groups in total. The summed E-state index contributed by atoms with van der Waals surface area (Å²) < 4.78 is 15.8. The number of aromatic amines is 1. The second-order valence-electron chi connectivity index (χ2n) is 9.13. The minimum Gasteiger partial charge on any atom is -0.338 e. The molecule has 2 heterocycles. The molecule has 1 saturated heterocycles. The van der Waals surface area contributed by atoms with Crippen LogP contribution in [-0.2, 0) is 5.67 Å². The lowest BCUT2D eigenvalue weighted by Crippen LogP contribution is -2.43. The molecule has 0 bridgehead atoms. The van der Waals surface area contributed by atoms with Gasteiger partial charge < -0.3 is 9.88 Å². The number of carbonyl (C=O) groups is 1. The number of likely N-dealkylation sites (tertiary alicyclic amines) is 1. The van der Waals surface area contributed by atoms with Crippen LogP contribution in [0.1, 0.15) is 70.6 Å². The molecule has 0 unspecified atom stereocenters. The molecule has 1 saturated carbocycles. The van der Waals surface area contributed by atoms with Gasteiger partial charge in [0.2, 0.25) is 0 Å². The van der Waals surface area contributed by atoms with Crippen molar-refractivity contribution in [1.29, 1.82) is 5.26 Å². The summed E-state index contributed by atoms with van der Waals surface area (Å²) in [6.07, 6.45) is 5.39. The molecule has 1 aromatic heterocycles. The smallest absolute Gasteiger partial charge is 0.254 e. The number of carbonyl (C=O) groups excluding carboxylic acids is 1. The third kappa shape index (κ3) is 3.80. The van der Waals surface area contributed by atoms with Gasteiger partial charge in [-0.05, 0) is 48.9 Å². The van der Waals surface area contributed by atoms with Crippen LogP contribution in [0.25, 0.3) is 11.4 Å². The Balaban J connectivity index is 1.40. The Kier molecular flexibility index (Phi) is 5.45.